The van der Waals surface area contributed by atoms with Crippen molar-refractivity contribution in [2.45, 2.75) is 91.2 Å². The Morgan fingerprint density at radius 1 is 1.06 bits per heavy atom. The van der Waals surface area contributed by atoms with Gasteiger partial charge in [0.2, 0.25) is 0 Å². The minimum Gasteiger partial charge on any atom is -0.460 e. The molecule has 1 N–H and O–H groups in total. The summed E-state index contributed by atoms with van der Waals surface area (Å²) < 4.78 is 7.45. The van der Waals surface area contributed by atoms with Crippen molar-refractivity contribution >= 4 is 5.97 Å². The van der Waals surface area contributed by atoms with Crippen LogP contribution in [0.3, 0.4) is 0 Å². The van der Waals surface area contributed by atoms with Gasteiger partial charge in [0.05, 0.1) is 0 Å². The summed E-state index contributed by atoms with van der Waals surface area (Å²) in [6, 6.07) is 10.3. The van der Waals surface area contributed by atoms with Gasteiger partial charge in [-0.2, -0.15) is 0 Å². The summed E-state index contributed by atoms with van der Waals surface area (Å²) in [5, 5.41) is 10.5. The maximum absolute atomic E-state index is 12.7. The zero-order valence-corrected chi connectivity index (χ0v) is 21.6. The molecule has 34 heavy (non-hydrogen) atoms. The van der Waals surface area contributed by atoms with E-state index in [1.807, 2.05) is 26.8 Å². The molecular weight excluding hydrogens is 422 g/mol. The van der Waals surface area contributed by atoms with Crippen LogP contribution < -0.4 is 0 Å². The molecule has 2 rings (SSSR count). The molecule has 0 aliphatic heterocycles. The summed E-state index contributed by atoms with van der Waals surface area (Å²) in [5.41, 5.74) is 3.66. The van der Waals surface area contributed by atoms with Crippen molar-refractivity contribution in [1.29, 1.82) is 0 Å². The van der Waals surface area contributed by atoms with E-state index in [9.17, 15) is 9.90 Å². The van der Waals surface area contributed by atoms with Gasteiger partial charge in [-0.3, -0.25) is 0 Å². The van der Waals surface area contributed by atoms with Gasteiger partial charge in [-0.25, -0.2) is 4.79 Å². The number of hydrogen-bond acceptors (Lipinski definition) is 3. The number of terminal acetylenes is 1. The molecule has 0 aliphatic carbocycles. The molecule has 4 nitrogen and oxygen atoms in total. The van der Waals surface area contributed by atoms with Gasteiger partial charge >= 0.3 is 5.97 Å². The van der Waals surface area contributed by atoms with Crippen molar-refractivity contribution in [3.63, 3.8) is 0 Å². The average Bonchev–Trinajstić information content (AvgIpc) is 3.29. The second-order valence-electron chi connectivity index (χ2n) is 8.75. The SMILES string of the molecule is C#CCCOC(=O)c1ccc(C(CC)(CC)c2ccc(C#CC(O)(CC)CC)c(C)c2)n1CC. The Morgan fingerprint density at radius 3 is 2.26 bits per heavy atom. The lowest BCUT2D eigenvalue weighted by Gasteiger charge is -2.34. The van der Waals surface area contributed by atoms with Crippen LogP contribution >= 0.6 is 0 Å². The highest BCUT2D eigenvalue weighted by Gasteiger charge is 2.35. The van der Waals surface area contributed by atoms with E-state index in [1.54, 1.807) is 0 Å². The van der Waals surface area contributed by atoms with Gasteiger partial charge in [0.15, 0.2) is 0 Å². The third-order valence-electron chi connectivity index (χ3n) is 7.06. The molecule has 0 amide bonds. The first-order valence-corrected chi connectivity index (χ1v) is 12.4. The van der Waals surface area contributed by atoms with E-state index >= 15 is 0 Å². The van der Waals surface area contributed by atoms with Crippen LogP contribution in [0.25, 0.3) is 0 Å². The third-order valence-corrected chi connectivity index (χ3v) is 7.06. The van der Waals surface area contributed by atoms with E-state index in [1.165, 1.54) is 5.56 Å². The van der Waals surface area contributed by atoms with E-state index in [-0.39, 0.29) is 18.0 Å². The van der Waals surface area contributed by atoms with E-state index in [4.69, 9.17) is 11.2 Å². The van der Waals surface area contributed by atoms with Crippen LogP contribution in [0.5, 0.6) is 0 Å². The van der Waals surface area contributed by atoms with Crippen LogP contribution in [0, 0.1) is 31.1 Å². The van der Waals surface area contributed by atoms with E-state index < -0.39 is 5.60 Å². The van der Waals surface area contributed by atoms with Crippen LogP contribution in [-0.4, -0.2) is 27.9 Å². The highest BCUT2D eigenvalue weighted by molar-refractivity contribution is 5.88. The van der Waals surface area contributed by atoms with E-state index in [0.29, 0.717) is 31.5 Å². The molecule has 0 unspecified atom stereocenters. The molecule has 182 valence electrons. The van der Waals surface area contributed by atoms with Crippen molar-refractivity contribution in [2.24, 2.45) is 0 Å². The van der Waals surface area contributed by atoms with Crippen molar-refractivity contribution in [2.75, 3.05) is 6.61 Å². The minimum atomic E-state index is -0.950. The van der Waals surface area contributed by atoms with Gasteiger partial charge in [-0.05, 0) is 68.9 Å². The number of aryl methyl sites for hydroxylation is 1. The van der Waals surface area contributed by atoms with Gasteiger partial charge in [-0.1, -0.05) is 51.7 Å². The first kappa shape index (κ1) is 27.3. The Morgan fingerprint density at radius 2 is 1.74 bits per heavy atom. The summed E-state index contributed by atoms with van der Waals surface area (Å²) in [6.07, 6.45) is 8.66. The van der Waals surface area contributed by atoms with Crippen molar-refractivity contribution in [3.8, 4) is 24.2 Å². The quantitative estimate of drug-likeness (QED) is 0.268. The lowest BCUT2D eigenvalue weighted by molar-refractivity contribution is 0.0500. The molecule has 0 aliphatic rings. The smallest absolute Gasteiger partial charge is 0.354 e. The van der Waals surface area contributed by atoms with Crippen LogP contribution in [0.4, 0.5) is 0 Å². The fourth-order valence-corrected chi connectivity index (χ4v) is 4.56. The fraction of sp³-hybridized carbons (Fsp3) is 0.500. The second kappa shape index (κ2) is 12.0. The first-order chi connectivity index (χ1) is 16.3. The maximum Gasteiger partial charge on any atom is 0.354 e. The molecule has 0 saturated carbocycles. The van der Waals surface area contributed by atoms with E-state index in [0.717, 1.165) is 29.7 Å². The van der Waals surface area contributed by atoms with Crippen LogP contribution in [0.1, 0.15) is 99.6 Å². The summed E-state index contributed by atoms with van der Waals surface area (Å²) in [6.45, 7) is 13.3. The van der Waals surface area contributed by atoms with Crippen molar-refractivity contribution < 1.29 is 14.6 Å². The number of esters is 1. The minimum absolute atomic E-state index is 0.221. The summed E-state index contributed by atoms with van der Waals surface area (Å²) in [5.74, 6) is 8.41. The Hall–Kier alpha value is -2.95. The van der Waals surface area contributed by atoms with Crippen molar-refractivity contribution in [3.05, 3.63) is 58.4 Å². The number of aromatic nitrogens is 1. The molecule has 1 aromatic heterocycles. The highest BCUT2D eigenvalue weighted by atomic mass is 16.5. The molecule has 1 heterocycles. The second-order valence-corrected chi connectivity index (χ2v) is 8.75. The summed E-state index contributed by atoms with van der Waals surface area (Å²) in [4.78, 5) is 12.7. The maximum atomic E-state index is 12.7. The number of carbonyl (C=O) groups excluding carboxylic acids is 1. The monoisotopic (exact) mass is 461 g/mol. The third kappa shape index (κ3) is 5.57. The molecule has 1 aromatic carbocycles. The fourth-order valence-electron chi connectivity index (χ4n) is 4.56. The molecule has 0 saturated heterocycles. The standard InChI is InChI=1S/C30H39NO3/c1-8-14-21-34-28(32)26-17-18-27(31(26)13-6)30(11-4,12-5)25-16-15-24(23(7)22-25)19-20-29(33,9-2)10-3/h1,15-18,22,33H,9-14,21H2,2-7H3. The Labute approximate surface area is 205 Å². The van der Waals surface area contributed by atoms with Gasteiger partial charge in [0, 0.05) is 29.6 Å². The molecule has 0 radical (unpaired) electrons. The van der Waals surface area contributed by atoms with Crippen molar-refractivity contribution in [1.82, 2.24) is 4.57 Å². The number of nitrogens with zero attached hydrogens (tertiary/aromatic N) is 1. The number of hydrogen-bond donors (Lipinski definition) is 1. The molecule has 0 spiro atoms. The zero-order chi connectivity index (χ0) is 25.4. The Kier molecular flexibility index (Phi) is 9.60. The number of rotatable bonds is 10. The van der Waals surface area contributed by atoms with Gasteiger partial charge in [0.25, 0.3) is 0 Å². The molecule has 4 heteroatoms. The molecular formula is C30H39NO3. The Bertz CT molecular complexity index is 1080. The lowest BCUT2D eigenvalue weighted by Crippen LogP contribution is -2.30. The lowest BCUT2D eigenvalue weighted by atomic mass is 9.72. The van der Waals surface area contributed by atoms with Gasteiger partial charge in [0.1, 0.15) is 17.9 Å². The topological polar surface area (TPSA) is 51.5 Å². The number of aliphatic hydroxyl groups is 1. The normalized spacial score (nSPS) is 11.5. The number of ether oxygens (including phenoxy) is 1. The molecule has 0 fully saturated rings. The average molecular weight is 462 g/mol. The predicted octanol–water partition coefficient (Wildman–Crippen LogP) is 6.01. The zero-order valence-electron chi connectivity index (χ0n) is 21.6. The summed E-state index contributed by atoms with van der Waals surface area (Å²) >= 11 is 0. The van der Waals surface area contributed by atoms with Gasteiger partial charge < -0.3 is 14.4 Å². The van der Waals surface area contributed by atoms with Crippen LogP contribution in [0.15, 0.2) is 30.3 Å². The molecule has 0 atom stereocenters. The van der Waals surface area contributed by atoms with Gasteiger partial charge in [-0.15, -0.1) is 12.3 Å². The predicted molar refractivity (Wildman–Crippen MR) is 139 cm³/mol. The largest absolute Gasteiger partial charge is 0.460 e. The molecule has 0 bridgehead atoms. The first-order valence-electron chi connectivity index (χ1n) is 12.4. The van der Waals surface area contributed by atoms with Crippen LogP contribution in [0.2, 0.25) is 0 Å². The van der Waals surface area contributed by atoms with Crippen LogP contribution in [-0.2, 0) is 16.7 Å². The Balaban J connectivity index is 2.52. The number of carbonyl (C=O) groups is 1. The van der Waals surface area contributed by atoms with E-state index in [2.05, 4.69) is 67.4 Å². The molecule has 2 aromatic rings. The summed E-state index contributed by atoms with van der Waals surface area (Å²) in [7, 11) is 0. The number of benzene rings is 1. The highest BCUT2D eigenvalue weighted by Crippen LogP contribution is 2.40.